The van der Waals surface area contributed by atoms with Crippen LogP contribution < -0.4 is 16.4 Å². The highest BCUT2D eigenvalue weighted by Crippen LogP contribution is 2.05. The summed E-state index contributed by atoms with van der Waals surface area (Å²) >= 11 is 0. The minimum absolute atomic E-state index is 0. The number of rotatable bonds is 6. The van der Waals surface area contributed by atoms with Gasteiger partial charge in [0.25, 0.3) is 0 Å². The second kappa shape index (κ2) is 10.2. The fraction of sp³-hybridized carbons (Fsp3) is 0.286. The van der Waals surface area contributed by atoms with Gasteiger partial charge in [-0.3, -0.25) is 4.79 Å². The van der Waals surface area contributed by atoms with Gasteiger partial charge >= 0.3 is 0 Å². The molecule has 0 bridgehead atoms. The molecule has 0 unspecified atom stereocenters. The molecule has 0 aliphatic heterocycles. The molecular formula is C14H21IN4O. The molecule has 20 heavy (non-hydrogen) atoms. The van der Waals surface area contributed by atoms with Crippen LogP contribution in [-0.2, 0) is 6.54 Å². The molecule has 1 aromatic rings. The van der Waals surface area contributed by atoms with Gasteiger partial charge in [0.2, 0.25) is 5.91 Å². The van der Waals surface area contributed by atoms with Crippen LogP contribution in [0.1, 0.15) is 22.8 Å². The fourth-order valence-electron chi connectivity index (χ4n) is 1.46. The van der Waals surface area contributed by atoms with Crippen molar-refractivity contribution in [3.63, 3.8) is 0 Å². The second-order valence-corrected chi connectivity index (χ2v) is 3.93. The van der Waals surface area contributed by atoms with Gasteiger partial charge in [0.1, 0.15) is 0 Å². The minimum Gasteiger partial charge on any atom is -0.366 e. The smallest absolute Gasteiger partial charge is 0.248 e. The molecule has 0 heterocycles. The number of halogens is 1. The van der Waals surface area contributed by atoms with Crippen molar-refractivity contribution in [1.29, 1.82) is 0 Å². The summed E-state index contributed by atoms with van der Waals surface area (Å²) in [5.41, 5.74) is 6.70. The van der Waals surface area contributed by atoms with E-state index in [0.29, 0.717) is 18.7 Å². The number of benzene rings is 1. The first-order valence-electron chi connectivity index (χ1n) is 6.19. The Morgan fingerprint density at radius 1 is 1.35 bits per heavy atom. The minimum atomic E-state index is -0.420. The zero-order valence-electron chi connectivity index (χ0n) is 11.6. The lowest BCUT2D eigenvalue weighted by atomic mass is 10.1. The standard InChI is InChI=1S/C14H20N4O.HI/c1-3-9-17-14(16-4-2)18-10-11-5-7-12(8-6-11)13(15)19;/h3,5-8H,1,4,9-10H2,2H3,(H2,15,19)(H2,16,17,18);1H. The topological polar surface area (TPSA) is 79.5 Å². The molecule has 0 saturated carbocycles. The van der Waals surface area contributed by atoms with E-state index in [2.05, 4.69) is 22.2 Å². The Balaban J connectivity index is 0.00000361. The third kappa shape index (κ3) is 6.55. The van der Waals surface area contributed by atoms with Gasteiger partial charge < -0.3 is 16.4 Å². The lowest BCUT2D eigenvalue weighted by Gasteiger charge is -2.09. The normalized spacial score (nSPS) is 10.3. The summed E-state index contributed by atoms with van der Waals surface area (Å²) in [6.07, 6.45) is 1.77. The van der Waals surface area contributed by atoms with Crippen LogP contribution in [0.3, 0.4) is 0 Å². The molecule has 1 rings (SSSR count). The Kier molecular flexibility index (Phi) is 9.44. The van der Waals surface area contributed by atoms with E-state index in [1.165, 1.54) is 0 Å². The number of nitrogens with one attached hydrogen (secondary N) is 2. The second-order valence-electron chi connectivity index (χ2n) is 3.93. The number of hydrogen-bond donors (Lipinski definition) is 3. The quantitative estimate of drug-likeness (QED) is 0.300. The van der Waals surface area contributed by atoms with Crippen LogP contribution in [-0.4, -0.2) is 25.0 Å². The van der Waals surface area contributed by atoms with Crippen LogP contribution in [0.15, 0.2) is 41.9 Å². The van der Waals surface area contributed by atoms with Crippen molar-refractivity contribution in [1.82, 2.24) is 10.6 Å². The molecule has 0 fully saturated rings. The van der Waals surface area contributed by atoms with E-state index in [1.807, 2.05) is 19.1 Å². The summed E-state index contributed by atoms with van der Waals surface area (Å²) in [4.78, 5) is 15.4. The van der Waals surface area contributed by atoms with Gasteiger partial charge in [-0.2, -0.15) is 0 Å². The Labute approximate surface area is 136 Å². The van der Waals surface area contributed by atoms with Crippen LogP contribution in [0.25, 0.3) is 0 Å². The van der Waals surface area contributed by atoms with Gasteiger partial charge in [0.05, 0.1) is 6.54 Å². The van der Waals surface area contributed by atoms with E-state index >= 15 is 0 Å². The summed E-state index contributed by atoms with van der Waals surface area (Å²) in [6.45, 7) is 7.64. The number of amides is 1. The van der Waals surface area contributed by atoms with E-state index in [4.69, 9.17) is 5.73 Å². The number of hydrogen-bond acceptors (Lipinski definition) is 2. The van der Waals surface area contributed by atoms with Crippen molar-refractivity contribution in [2.45, 2.75) is 13.5 Å². The molecule has 0 spiro atoms. The maximum atomic E-state index is 10.9. The zero-order chi connectivity index (χ0) is 14.1. The highest BCUT2D eigenvalue weighted by molar-refractivity contribution is 14.0. The van der Waals surface area contributed by atoms with Gasteiger partial charge in [-0.05, 0) is 24.6 Å². The lowest BCUT2D eigenvalue weighted by Crippen LogP contribution is -2.37. The zero-order valence-corrected chi connectivity index (χ0v) is 13.9. The number of carbonyl (C=O) groups is 1. The molecule has 0 radical (unpaired) electrons. The average Bonchev–Trinajstić information content (AvgIpc) is 2.42. The van der Waals surface area contributed by atoms with Gasteiger partial charge in [-0.25, -0.2) is 4.99 Å². The number of nitrogens with zero attached hydrogens (tertiary/aromatic N) is 1. The van der Waals surface area contributed by atoms with E-state index < -0.39 is 5.91 Å². The molecule has 0 aliphatic rings. The maximum absolute atomic E-state index is 10.9. The van der Waals surface area contributed by atoms with Crippen LogP contribution >= 0.6 is 24.0 Å². The van der Waals surface area contributed by atoms with Gasteiger partial charge in [0, 0.05) is 18.7 Å². The summed E-state index contributed by atoms with van der Waals surface area (Å²) < 4.78 is 0. The molecule has 0 saturated heterocycles. The van der Waals surface area contributed by atoms with E-state index in [1.54, 1.807) is 18.2 Å². The van der Waals surface area contributed by atoms with E-state index in [0.717, 1.165) is 18.1 Å². The fourth-order valence-corrected chi connectivity index (χ4v) is 1.46. The number of primary amides is 1. The van der Waals surface area contributed by atoms with Crippen molar-refractivity contribution < 1.29 is 4.79 Å². The maximum Gasteiger partial charge on any atom is 0.248 e. The molecule has 1 amide bonds. The Bertz CT molecular complexity index is 457. The summed E-state index contributed by atoms with van der Waals surface area (Å²) in [5.74, 6) is 0.317. The molecule has 4 N–H and O–H groups in total. The molecule has 5 nitrogen and oxygen atoms in total. The number of guanidine groups is 1. The van der Waals surface area contributed by atoms with E-state index in [9.17, 15) is 4.79 Å². The molecule has 110 valence electrons. The van der Waals surface area contributed by atoms with Crippen molar-refractivity contribution in [3.05, 3.63) is 48.0 Å². The largest absolute Gasteiger partial charge is 0.366 e. The number of aliphatic imine (C=N–C) groups is 1. The molecular weight excluding hydrogens is 367 g/mol. The highest BCUT2D eigenvalue weighted by atomic mass is 127. The SMILES string of the molecule is C=CCNC(=NCc1ccc(C(N)=O)cc1)NCC.I. The van der Waals surface area contributed by atoms with Crippen LogP contribution in [0.5, 0.6) is 0 Å². The third-order valence-corrected chi connectivity index (χ3v) is 2.42. The molecule has 6 heteroatoms. The van der Waals surface area contributed by atoms with Crippen LogP contribution in [0.4, 0.5) is 0 Å². The summed E-state index contributed by atoms with van der Waals surface area (Å²) in [6, 6.07) is 7.11. The molecule has 0 aliphatic carbocycles. The van der Waals surface area contributed by atoms with Gasteiger partial charge in [-0.1, -0.05) is 18.2 Å². The highest BCUT2D eigenvalue weighted by Gasteiger charge is 2.00. The Morgan fingerprint density at radius 2 is 2.00 bits per heavy atom. The van der Waals surface area contributed by atoms with E-state index in [-0.39, 0.29) is 24.0 Å². The monoisotopic (exact) mass is 388 g/mol. The predicted molar refractivity (Wildman–Crippen MR) is 93.4 cm³/mol. The van der Waals surface area contributed by atoms with Crippen LogP contribution in [0, 0.1) is 0 Å². The van der Waals surface area contributed by atoms with Gasteiger partial charge in [-0.15, -0.1) is 30.6 Å². The number of carbonyl (C=O) groups excluding carboxylic acids is 1. The van der Waals surface area contributed by atoms with Crippen molar-refractivity contribution in [2.75, 3.05) is 13.1 Å². The number of nitrogens with two attached hydrogens (primary N) is 1. The predicted octanol–water partition coefficient (Wildman–Crippen LogP) is 1.64. The van der Waals surface area contributed by atoms with Gasteiger partial charge in [0.15, 0.2) is 5.96 Å². The Hall–Kier alpha value is -1.57. The summed E-state index contributed by atoms with van der Waals surface area (Å²) in [5, 5.41) is 6.25. The summed E-state index contributed by atoms with van der Waals surface area (Å²) in [7, 11) is 0. The van der Waals surface area contributed by atoms with Crippen molar-refractivity contribution in [3.8, 4) is 0 Å². The first kappa shape index (κ1) is 18.4. The van der Waals surface area contributed by atoms with Crippen molar-refractivity contribution in [2.24, 2.45) is 10.7 Å². The first-order valence-corrected chi connectivity index (χ1v) is 6.19. The molecule has 0 aromatic heterocycles. The van der Waals surface area contributed by atoms with Crippen molar-refractivity contribution >= 4 is 35.8 Å². The lowest BCUT2D eigenvalue weighted by molar-refractivity contribution is 0.100. The first-order chi connectivity index (χ1) is 9.17. The molecule has 0 atom stereocenters. The third-order valence-electron chi connectivity index (χ3n) is 2.42. The molecule has 1 aromatic carbocycles. The Morgan fingerprint density at radius 3 is 2.50 bits per heavy atom. The van der Waals surface area contributed by atoms with Crippen LogP contribution in [0.2, 0.25) is 0 Å². The average molecular weight is 388 g/mol.